The average Bonchev–Trinajstić information content (AvgIpc) is 2.56. The molecule has 1 amide bonds. The maximum absolute atomic E-state index is 11.1. The highest BCUT2D eigenvalue weighted by Crippen LogP contribution is 2.14. The lowest BCUT2D eigenvalue weighted by atomic mass is 10.2. The molecule has 76 valence electrons. The fourth-order valence-electron chi connectivity index (χ4n) is 1.37. The molecule has 0 saturated carbocycles. The molecule has 1 heterocycles. The maximum atomic E-state index is 11.1. The number of hydrogen-bond acceptors (Lipinski definition) is 2. The summed E-state index contributed by atoms with van der Waals surface area (Å²) in [6.45, 7) is 3.42. The summed E-state index contributed by atoms with van der Waals surface area (Å²) in [5, 5.41) is 2.84. The first kappa shape index (κ1) is 11.0. The van der Waals surface area contributed by atoms with Crippen molar-refractivity contribution in [2.75, 3.05) is 13.2 Å². The van der Waals surface area contributed by atoms with E-state index in [-0.39, 0.29) is 10.7 Å². The standard InChI is InChI=1S/C9H16BrNO2/c1-7(10)9(12)11-5-4-8-3-2-6-13-8/h7-8H,2-6H2,1H3,(H,11,12). The molecule has 2 unspecified atom stereocenters. The molecule has 0 aromatic carbocycles. The topological polar surface area (TPSA) is 38.3 Å². The Morgan fingerprint density at radius 1 is 1.77 bits per heavy atom. The molecule has 0 aromatic heterocycles. The largest absolute Gasteiger partial charge is 0.378 e. The molecule has 13 heavy (non-hydrogen) atoms. The van der Waals surface area contributed by atoms with Crippen molar-refractivity contribution in [1.82, 2.24) is 5.32 Å². The number of alkyl halides is 1. The molecule has 1 saturated heterocycles. The van der Waals surface area contributed by atoms with E-state index < -0.39 is 0 Å². The minimum absolute atomic E-state index is 0.0537. The Morgan fingerprint density at radius 3 is 3.08 bits per heavy atom. The summed E-state index contributed by atoms with van der Waals surface area (Å²) >= 11 is 3.21. The summed E-state index contributed by atoms with van der Waals surface area (Å²) in [6.07, 6.45) is 3.60. The molecule has 2 atom stereocenters. The van der Waals surface area contributed by atoms with Gasteiger partial charge in [0.15, 0.2) is 0 Å². The fourth-order valence-corrected chi connectivity index (χ4v) is 1.53. The molecule has 1 rings (SSSR count). The van der Waals surface area contributed by atoms with Gasteiger partial charge in [-0.3, -0.25) is 4.79 Å². The molecular weight excluding hydrogens is 234 g/mol. The normalized spacial score (nSPS) is 24.3. The third-order valence-electron chi connectivity index (χ3n) is 2.15. The minimum atomic E-state index is -0.100. The summed E-state index contributed by atoms with van der Waals surface area (Å²) in [4.78, 5) is 11.0. The lowest BCUT2D eigenvalue weighted by Crippen LogP contribution is -2.31. The first-order valence-electron chi connectivity index (χ1n) is 4.73. The molecule has 1 N–H and O–H groups in total. The van der Waals surface area contributed by atoms with Crippen LogP contribution in [0.15, 0.2) is 0 Å². The Morgan fingerprint density at radius 2 is 2.54 bits per heavy atom. The van der Waals surface area contributed by atoms with Crippen LogP contribution in [0.3, 0.4) is 0 Å². The number of carbonyl (C=O) groups excluding carboxylic acids is 1. The molecule has 0 bridgehead atoms. The highest BCUT2D eigenvalue weighted by molar-refractivity contribution is 9.10. The van der Waals surface area contributed by atoms with E-state index in [1.807, 2.05) is 6.92 Å². The maximum Gasteiger partial charge on any atom is 0.233 e. The van der Waals surface area contributed by atoms with Gasteiger partial charge in [-0.2, -0.15) is 0 Å². The highest BCUT2D eigenvalue weighted by Gasteiger charge is 2.15. The van der Waals surface area contributed by atoms with Crippen LogP contribution in [0.2, 0.25) is 0 Å². The molecule has 3 nitrogen and oxygen atoms in total. The van der Waals surface area contributed by atoms with E-state index >= 15 is 0 Å². The van der Waals surface area contributed by atoms with Crippen LogP contribution in [-0.2, 0) is 9.53 Å². The van der Waals surface area contributed by atoms with E-state index in [1.54, 1.807) is 0 Å². The number of nitrogens with one attached hydrogen (secondary N) is 1. The Labute approximate surface area is 87.3 Å². The van der Waals surface area contributed by atoms with E-state index in [0.29, 0.717) is 6.10 Å². The van der Waals surface area contributed by atoms with Crippen molar-refractivity contribution >= 4 is 21.8 Å². The third kappa shape index (κ3) is 4.09. The highest BCUT2D eigenvalue weighted by atomic mass is 79.9. The van der Waals surface area contributed by atoms with Crippen molar-refractivity contribution in [3.05, 3.63) is 0 Å². The minimum Gasteiger partial charge on any atom is -0.378 e. The van der Waals surface area contributed by atoms with E-state index in [2.05, 4.69) is 21.2 Å². The van der Waals surface area contributed by atoms with E-state index in [9.17, 15) is 4.79 Å². The SMILES string of the molecule is CC(Br)C(=O)NCCC1CCCO1. The van der Waals surface area contributed by atoms with Gasteiger partial charge in [-0.1, -0.05) is 15.9 Å². The Hall–Kier alpha value is -0.0900. The fraction of sp³-hybridized carbons (Fsp3) is 0.889. The van der Waals surface area contributed by atoms with Gasteiger partial charge in [-0.25, -0.2) is 0 Å². The number of hydrogen-bond donors (Lipinski definition) is 1. The molecule has 1 fully saturated rings. The van der Waals surface area contributed by atoms with Crippen molar-refractivity contribution in [1.29, 1.82) is 0 Å². The summed E-state index contributed by atoms with van der Waals surface area (Å²) < 4.78 is 5.43. The summed E-state index contributed by atoms with van der Waals surface area (Å²) in [5.41, 5.74) is 0. The number of ether oxygens (including phenoxy) is 1. The second-order valence-corrected chi connectivity index (χ2v) is 4.70. The van der Waals surface area contributed by atoms with Crippen molar-refractivity contribution < 1.29 is 9.53 Å². The van der Waals surface area contributed by atoms with Gasteiger partial charge in [0.2, 0.25) is 5.91 Å². The quantitative estimate of drug-likeness (QED) is 0.767. The molecular formula is C9H16BrNO2. The molecule has 0 spiro atoms. The smallest absolute Gasteiger partial charge is 0.233 e. The number of rotatable bonds is 4. The van der Waals surface area contributed by atoms with Gasteiger partial charge >= 0.3 is 0 Å². The molecule has 1 aliphatic rings. The van der Waals surface area contributed by atoms with Crippen LogP contribution in [-0.4, -0.2) is 30.0 Å². The second kappa shape index (κ2) is 5.60. The lowest BCUT2D eigenvalue weighted by molar-refractivity contribution is -0.120. The third-order valence-corrected chi connectivity index (χ3v) is 2.57. The number of amides is 1. The zero-order chi connectivity index (χ0) is 9.68. The monoisotopic (exact) mass is 249 g/mol. The van der Waals surface area contributed by atoms with Crippen LogP contribution < -0.4 is 5.32 Å². The van der Waals surface area contributed by atoms with E-state index in [1.165, 1.54) is 0 Å². The molecule has 0 radical (unpaired) electrons. The average molecular weight is 250 g/mol. The Bertz CT molecular complexity index is 167. The van der Waals surface area contributed by atoms with Gasteiger partial charge in [-0.15, -0.1) is 0 Å². The predicted octanol–water partition coefficient (Wildman–Crippen LogP) is 1.46. The van der Waals surface area contributed by atoms with Gasteiger partial charge in [0.25, 0.3) is 0 Å². The zero-order valence-electron chi connectivity index (χ0n) is 7.88. The Kier molecular flexibility index (Phi) is 4.73. The first-order chi connectivity index (χ1) is 6.20. The van der Waals surface area contributed by atoms with E-state index in [4.69, 9.17) is 4.74 Å². The zero-order valence-corrected chi connectivity index (χ0v) is 9.47. The second-order valence-electron chi connectivity index (χ2n) is 3.33. The van der Waals surface area contributed by atoms with Crippen molar-refractivity contribution in [2.24, 2.45) is 0 Å². The van der Waals surface area contributed by atoms with Crippen molar-refractivity contribution in [3.63, 3.8) is 0 Å². The van der Waals surface area contributed by atoms with Gasteiger partial charge in [-0.05, 0) is 26.2 Å². The Balaban J connectivity index is 2.03. The van der Waals surface area contributed by atoms with Gasteiger partial charge < -0.3 is 10.1 Å². The molecule has 1 aliphatic heterocycles. The number of carbonyl (C=O) groups is 1. The lowest BCUT2D eigenvalue weighted by Gasteiger charge is -2.10. The van der Waals surface area contributed by atoms with Crippen LogP contribution in [0, 0.1) is 0 Å². The predicted molar refractivity (Wildman–Crippen MR) is 55.0 cm³/mol. The summed E-state index contributed by atoms with van der Waals surface area (Å²) in [6, 6.07) is 0. The summed E-state index contributed by atoms with van der Waals surface area (Å²) in [7, 11) is 0. The molecule has 0 aromatic rings. The van der Waals surface area contributed by atoms with Crippen LogP contribution in [0.5, 0.6) is 0 Å². The number of halogens is 1. The van der Waals surface area contributed by atoms with Crippen LogP contribution >= 0.6 is 15.9 Å². The van der Waals surface area contributed by atoms with Gasteiger partial charge in [0.1, 0.15) is 0 Å². The van der Waals surface area contributed by atoms with Crippen LogP contribution in [0.1, 0.15) is 26.2 Å². The van der Waals surface area contributed by atoms with Crippen molar-refractivity contribution in [2.45, 2.75) is 37.1 Å². The van der Waals surface area contributed by atoms with Crippen LogP contribution in [0.25, 0.3) is 0 Å². The molecule has 0 aliphatic carbocycles. The van der Waals surface area contributed by atoms with Gasteiger partial charge in [0.05, 0.1) is 10.9 Å². The summed E-state index contributed by atoms with van der Waals surface area (Å²) in [5.74, 6) is 0.0537. The van der Waals surface area contributed by atoms with Crippen LogP contribution in [0.4, 0.5) is 0 Å². The molecule has 4 heteroatoms. The van der Waals surface area contributed by atoms with Crippen molar-refractivity contribution in [3.8, 4) is 0 Å². The van der Waals surface area contributed by atoms with Gasteiger partial charge in [0, 0.05) is 13.2 Å². The van der Waals surface area contributed by atoms with E-state index in [0.717, 1.165) is 32.4 Å². The first-order valence-corrected chi connectivity index (χ1v) is 5.65.